The van der Waals surface area contributed by atoms with Crippen molar-refractivity contribution in [1.29, 1.82) is 0 Å². The molecule has 0 aromatic carbocycles. The second kappa shape index (κ2) is 3.04. The Hall–Kier alpha value is -0.530. The fraction of sp³-hybridized carbons (Fsp3) is 0.875. The molecule has 1 N–H and O–H groups in total. The van der Waals surface area contributed by atoms with E-state index in [0.717, 1.165) is 12.5 Å². The summed E-state index contributed by atoms with van der Waals surface area (Å²) in [7, 11) is 0. The summed E-state index contributed by atoms with van der Waals surface area (Å²) in [5.74, 6) is 0.746. The van der Waals surface area contributed by atoms with E-state index in [9.17, 15) is 0 Å². The third-order valence-corrected chi connectivity index (χ3v) is 2.26. The third-order valence-electron chi connectivity index (χ3n) is 2.26. The van der Waals surface area contributed by atoms with Crippen LogP contribution in [0.15, 0.2) is 0 Å². The van der Waals surface area contributed by atoms with Gasteiger partial charge in [-0.2, -0.15) is 0 Å². The molecule has 1 rings (SSSR count). The summed E-state index contributed by atoms with van der Waals surface area (Å²) in [4.78, 5) is 0. The minimum atomic E-state index is 0.676. The Labute approximate surface area is 62.9 Å². The summed E-state index contributed by atoms with van der Waals surface area (Å²) in [6, 6.07) is 0.676. The van der Waals surface area contributed by atoms with Crippen LogP contribution in [-0.4, -0.2) is 30.0 Å². The van der Waals surface area contributed by atoms with E-state index in [2.05, 4.69) is 37.0 Å². The molecule has 10 heavy (non-hydrogen) atoms. The van der Waals surface area contributed by atoms with Gasteiger partial charge in [0.1, 0.15) is 13.1 Å². The van der Waals surface area contributed by atoms with Crippen LogP contribution in [0.3, 0.4) is 0 Å². The van der Waals surface area contributed by atoms with Gasteiger partial charge in [0.25, 0.3) is 0 Å². The Morgan fingerprint density at radius 1 is 1.40 bits per heavy atom. The minimum absolute atomic E-state index is 0.676. The van der Waals surface area contributed by atoms with Crippen molar-refractivity contribution in [3.8, 4) is 0 Å². The Balaban J connectivity index is 2.47. The maximum Gasteiger partial charge on any atom is 0.232 e. The zero-order chi connectivity index (χ0) is 7.56. The van der Waals surface area contributed by atoms with Gasteiger partial charge in [0, 0.05) is 0 Å². The molecule has 1 atom stereocenters. The van der Waals surface area contributed by atoms with Crippen molar-refractivity contribution in [2.24, 2.45) is 5.92 Å². The molecular weight excluding hydrogens is 124 g/mol. The van der Waals surface area contributed by atoms with Crippen molar-refractivity contribution in [3.05, 3.63) is 0 Å². The largest absolute Gasteiger partial charge is 0.277 e. The molecule has 1 heterocycles. The van der Waals surface area contributed by atoms with Gasteiger partial charge in [-0.1, -0.05) is 13.8 Å². The molecule has 0 aromatic heterocycles. The van der Waals surface area contributed by atoms with Gasteiger partial charge in [0.05, 0.1) is 6.04 Å². The smallest absolute Gasteiger partial charge is 0.232 e. The second-order valence-corrected chi connectivity index (χ2v) is 3.31. The average Bonchev–Trinajstić information content (AvgIpc) is 2.36. The zero-order valence-electron chi connectivity index (χ0n) is 7.09. The lowest BCUT2D eigenvalue weighted by molar-refractivity contribution is -0.556. The molecule has 0 aliphatic carbocycles. The molecule has 0 spiro atoms. The van der Waals surface area contributed by atoms with Crippen molar-refractivity contribution >= 4 is 6.34 Å². The molecule has 0 amide bonds. The van der Waals surface area contributed by atoms with Crippen molar-refractivity contribution in [2.75, 3.05) is 13.1 Å². The van der Waals surface area contributed by atoms with Crippen molar-refractivity contribution in [1.82, 2.24) is 5.32 Å². The van der Waals surface area contributed by atoms with Crippen LogP contribution in [0.1, 0.15) is 20.8 Å². The Kier molecular flexibility index (Phi) is 2.30. The van der Waals surface area contributed by atoms with Gasteiger partial charge in [-0.15, -0.1) is 0 Å². The Bertz CT molecular complexity index is 138. The normalized spacial score (nSPS) is 20.6. The fourth-order valence-electron chi connectivity index (χ4n) is 1.14. The molecule has 0 radical (unpaired) electrons. The van der Waals surface area contributed by atoms with Crippen molar-refractivity contribution < 1.29 is 4.58 Å². The van der Waals surface area contributed by atoms with Crippen LogP contribution in [0.25, 0.3) is 0 Å². The first-order valence-electron chi connectivity index (χ1n) is 4.04. The number of nitrogens with zero attached hydrogens (tertiary/aromatic N) is 1. The Morgan fingerprint density at radius 3 is 2.50 bits per heavy atom. The fourth-order valence-corrected chi connectivity index (χ4v) is 1.14. The van der Waals surface area contributed by atoms with E-state index >= 15 is 0 Å². The van der Waals surface area contributed by atoms with E-state index in [1.54, 1.807) is 0 Å². The van der Waals surface area contributed by atoms with Gasteiger partial charge in [0.15, 0.2) is 0 Å². The molecule has 0 aromatic rings. The summed E-state index contributed by atoms with van der Waals surface area (Å²) in [6.07, 6.45) is 2.10. The first-order valence-corrected chi connectivity index (χ1v) is 4.04. The summed E-state index contributed by atoms with van der Waals surface area (Å²) in [5, 5.41) is 3.21. The molecule has 0 bridgehead atoms. The number of rotatable bonds is 2. The van der Waals surface area contributed by atoms with Gasteiger partial charge in [0.2, 0.25) is 6.34 Å². The van der Waals surface area contributed by atoms with E-state index in [0.29, 0.717) is 6.04 Å². The van der Waals surface area contributed by atoms with Crippen LogP contribution in [0.4, 0.5) is 0 Å². The van der Waals surface area contributed by atoms with Crippen LogP contribution >= 0.6 is 0 Å². The van der Waals surface area contributed by atoms with Gasteiger partial charge >= 0.3 is 0 Å². The van der Waals surface area contributed by atoms with Crippen LogP contribution in [-0.2, 0) is 0 Å². The number of hydrogen-bond donors (Lipinski definition) is 1. The molecule has 0 saturated carbocycles. The predicted octanol–water partition coefficient (Wildman–Crippen LogP) is 0.675. The van der Waals surface area contributed by atoms with Crippen LogP contribution < -0.4 is 5.32 Å². The highest BCUT2D eigenvalue weighted by Crippen LogP contribution is 2.04. The maximum absolute atomic E-state index is 3.21. The molecule has 1 aliphatic heterocycles. The third kappa shape index (κ3) is 1.49. The van der Waals surface area contributed by atoms with Gasteiger partial charge in [-0.05, 0) is 12.8 Å². The Morgan fingerprint density at radius 2 is 2.10 bits per heavy atom. The highest BCUT2D eigenvalue weighted by atomic mass is 15.2. The van der Waals surface area contributed by atoms with E-state index in [-0.39, 0.29) is 0 Å². The predicted molar refractivity (Wildman–Crippen MR) is 43.5 cm³/mol. The first kappa shape index (κ1) is 7.58. The lowest BCUT2D eigenvalue weighted by Crippen LogP contribution is -2.27. The summed E-state index contributed by atoms with van der Waals surface area (Å²) in [5.41, 5.74) is 0. The van der Waals surface area contributed by atoms with E-state index < -0.39 is 0 Å². The monoisotopic (exact) mass is 141 g/mol. The summed E-state index contributed by atoms with van der Waals surface area (Å²) >= 11 is 0. The molecular formula is C8H17N2+. The van der Waals surface area contributed by atoms with Crippen LogP contribution in [0, 0.1) is 5.92 Å². The standard InChI is InChI=1S/C8H16N2/c1-7(2)8(3)10-5-4-9-6-10/h6-8H,4-5H2,1-3H3/p+1. The van der Waals surface area contributed by atoms with Gasteiger partial charge in [-0.3, -0.25) is 9.89 Å². The average molecular weight is 141 g/mol. The van der Waals surface area contributed by atoms with E-state index in [1.807, 2.05) is 0 Å². The molecule has 1 aliphatic rings. The SMILES string of the molecule is CC(C)C(C)[N+]1=CNCC1. The highest BCUT2D eigenvalue weighted by molar-refractivity contribution is 5.49. The van der Waals surface area contributed by atoms with Crippen molar-refractivity contribution in [3.63, 3.8) is 0 Å². The topological polar surface area (TPSA) is 15.0 Å². The molecule has 2 nitrogen and oxygen atoms in total. The molecule has 2 heteroatoms. The zero-order valence-corrected chi connectivity index (χ0v) is 7.09. The van der Waals surface area contributed by atoms with E-state index in [1.165, 1.54) is 6.54 Å². The minimum Gasteiger partial charge on any atom is -0.277 e. The lowest BCUT2D eigenvalue weighted by Gasteiger charge is -2.14. The van der Waals surface area contributed by atoms with Crippen molar-refractivity contribution in [2.45, 2.75) is 26.8 Å². The van der Waals surface area contributed by atoms with Crippen LogP contribution in [0.2, 0.25) is 0 Å². The van der Waals surface area contributed by atoms with Crippen LogP contribution in [0.5, 0.6) is 0 Å². The second-order valence-electron chi connectivity index (χ2n) is 3.31. The molecule has 0 fully saturated rings. The molecule has 58 valence electrons. The number of nitrogens with one attached hydrogen (secondary N) is 1. The molecule has 1 unspecified atom stereocenters. The lowest BCUT2D eigenvalue weighted by atomic mass is 10.1. The van der Waals surface area contributed by atoms with E-state index in [4.69, 9.17) is 0 Å². The number of hydrogen-bond acceptors (Lipinski definition) is 1. The molecule has 0 saturated heterocycles. The van der Waals surface area contributed by atoms with Gasteiger partial charge in [-0.25, -0.2) is 0 Å². The summed E-state index contributed by atoms with van der Waals surface area (Å²) in [6.45, 7) is 9.07. The summed E-state index contributed by atoms with van der Waals surface area (Å²) < 4.78 is 2.37. The van der Waals surface area contributed by atoms with Gasteiger partial charge < -0.3 is 0 Å². The maximum atomic E-state index is 3.21. The quantitative estimate of drug-likeness (QED) is 0.559. The first-order chi connectivity index (χ1) is 4.72. The highest BCUT2D eigenvalue weighted by Gasteiger charge is 2.18.